The van der Waals surface area contributed by atoms with Crippen LogP contribution in [-0.4, -0.2) is 36.5 Å². The van der Waals surface area contributed by atoms with E-state index in [1.807, 2.05) is 0 Å². The first-order chi connectivity index (χ1) is 6.75. The predicted octanol–water partition coefficient (Wildman–Crippen LogP) is 0.914. The minimum atomic E-state index is -0.115. The van der Waals surface area contributed by atoms with Crippen LogP contribution >= 0.6 is 0 Å². The third-order valence-electron chi connectivity index (χ3n) is 3.45. The minimum Gasteiger partial charge on any atom is -0.393 e. The Balaban J connectivity index is 1.78. The molecule has 14 heavy (non-hydrogen) atoms. The maximum Gasteiger partial charge on any atom is 0.0593 e. The summed E-state index contributed by atoms with van der Waals surface area (Å²) < 4.78 is 5.77. The van der Waals surface area contributed by atoms with Crippen LogP contribution < -0.4 is 5.32 Å². The number of aliphatic hydroxyl groups is 1. The van der Waals surface area contributed by atoms with Crippen molar-refractivity contribution in [2.45, 2.75) is 50.9 Å². The minimum absolute atomic E-state index is 0.115. The van der Waals surface area contributed by atoms with Crippen LogP contribution in [0.25, 0.3) is 0 Å². The van der Waals surface area contributed by atoms with Crippen LogP contribution in [0.4, 0.5) is 0 Å². The molecule has 0 aromatic rings. The van der Waals surface area contributed by atoms with Gasteiger partial charge >= 0.3 is 0 Å². The molecular weight excluding hydrogens is 178 g/mol. The number of hydrogen-bond donors (Lipinski definition) is 2. The SMILES string of the molecule is CC1CCC(CC2CNCCC2O)O1. The standard InChI is InChI=1S/C11H21NO2/c1-8-2-3-10(14-8)6-9-7-12-5-4-11(9)13/h8-13H,2-7H2,1H3. The van der Waals surface area contributed by atoms with E-state index >= 15 is 0 Å². The summed E-state index contributed by atoms with van der Waals surface area (Å²) in [5.74, 6) is 0.402. The summed E-state index contributed by atoms with van der Waals surface area (Å²) in [4.78, 5) is 0. The summed E-state index contributed by atoms with van der Waals surface area (Å²) in [7, 11) is 0. The lowest BCUT2D eigenvalue weighted by atomic mass is 9.90. The van der Waals surface area contributed by atoms with E-state index in [2.05, 4.69) is 12.2 Å². The summed E-state index contributed by atoms with van der Waals surface area (Å²) in [6.07, 6.45) is 4.98. The predicted molar refractivity (Wildman–Crippen MR) is 55.2 cm³/mol. The highest BCUT2D eigenvalue weighted by atomic mass is 16.5. The molecule has 3 heteroatoms. The van der Waals surface area contributed by atoms with E-state index in [0.717, 1.165) is 25.9 Å². The van der Waals surface area contributed by atoms with Crippen molar-refractivity contribution in [2.75, 3.05) is 13.1 Å². The third-order valence-corrected chi connectivity index (χ3v) is 3.45. The van der Waals surface area contributed by atoms with E-state index in [0.29, 0.717) is 18.1 Å². The van der Waals surface area contributed by atoms with Gasteiger partial charge in [-0.15, -0.1) is 0 Å². The van der Waals surface area contributed by atoms with Crippen LogP contribution in [0.1, 0.15) is 32.6 Å². The van der Waals surface area contributed by atoms with Crippen LogP contribution in [0.3, 0.4) is 0 Å². The van der Waals surface area contributed by atoms with E-state index in [1.54, 1.807) is 0 Å². The Hall–Kier alpha value is -0.120. The molecule has 0 saturated carbocycles. The Bertz CT molecular complexity index is 186. The molecule has 4 atom stereocenters. The highest BCUT2D eigenvalue weighted by molar-refractivity contribution is 4.82. The second-order valence-electron chi connectivity index (χ2n) is 4.70. The number of ether oxygens (including phenoxy) is 1. The normalized spacial score (nSPS) is 44.1. The van der Waals surface area contributed by atoms with Crippen LogP contribution in [-0.2, 0) is 4.74 Å². The van der Waals surface area contributed by atoms with E-state index in [9.17, 15) is 5.11 Å². The van der Waals surface area contributed by atoms with Gasteiger partial charge in [0, 0.05) is 6.54 Å². The smallest absolute Gasteiger partial charge is 0.0593 e. The van der Waals surface area contributed by atoms with Gasteiger partial charge in [0.15, 0.2) is 0 Å². The van der Waals surface area contributed by atoms with Gasteiger partial charge in [0.2, 0.25) is 0 Å². The summed E-state index contributed by atoms with van der Waals surface area (Å²) in [6, 6.07) is 0. The molecule has 2 saturated heterocycles. The molecule has 2 heterocycles. The zero-order chi connectivity index (χ0) is 9.97. The molecule has 0 aromatic heterocycles. The van der Waals surface area contributed by atoms with Crippen molar-refractivity contribution in [2.24, 2.45) is 5.92 Å². The average Bonchev–Trinajstić information content (AvgIpc) is 2.56. The van der Waals surface area contributed by atoms with Crippen molar-refractivity contribution in [3.05, 3.63) is 0 Å². The van der Waals surface area contributed by atoms with E-state index in [-0.39, 0.29) is 6.10 Å². The van der Waals surface area contributed by atoms with Crippen molar-refractivity contribution in [1.29, 1.82) is 0 Å². The maximum absolute atomic E-state index is 9.80. The lowest BCUT2D eigenvalue weighted by Gasteiger charge is -2.30. The molecule has 0 amide bonds. The fourth-order valence-corrected chi connectivity index (χ4v) is 2.55. The molecule has 3 nitrogen and oxygen atoms in total. The summed E-state index contributed by atoms with van der Waals surface area (Å²) in [5, 5.41) is 13.1. The van der Waals surface area contributed by atoms with Gasteiger partial charge in [0.05, 0.1) is 18.3 Å². The van der Waals surface area contributed by atoms with Crippen LogP contribution in [0.15, 0.2) is 0 Å². The Morgan fingerprint density at radius 2 is 2.21 bits per heavy atom. The molecule has 0 radical (unpaired) electrons. The summed E-state index contributed by atoms with van der Waals surface area (Å²) >= 11 is 0. The summed E-state index contributed by atoms with van der Waals surface area (Å²) in [6.45, 7) is 4.05. The Morgan fingerprint density at radius 1 is 1.36 bits per heavy atom. The van der Waals surface area contributed by atoms with E-state index in [4.69, 9.17) is 4.74 Å². The summed E-state index contributed by atoms with van der Waals surface area (Å²) in [5.41, 5.74) is 0. The second kappa shape index (κ2) is 4.60. The molecule has 0 aliphatic carbocycles. The Kier molecular flexibility index (Phi) is 3.42. The molecule has 4 unspecified atom stereocenters. The van der Waals surface area contributed by atoms with Crippen LogP contribution in [0, 0.1) is 5.92 Å². The second-order valence-corrected chi connectivity index (χ2v) is 4.70. The van der Waals surface area contributed by atoms with Gasteiger partial charge in [-0.3, -0.25) is 0 Å². The lowest BCUT2D eigenvalue weighted by molar-refractivity contribution is 0.00731. The van der Waals surface area contributed by atoms with Crippen LogP contribution in [0.2, 0.25) is 0 Å². The molecule has 2 rings (SSSR count). The number of aliphatic hydroxyl groups excluding tert-OH is 1. The molecule has 0 bridgehead atoms. The van der Waals surface area contributed by atoms with Crippen LogP contribution in [0.5, 0.6) is 0 Å². The van der Waals surface area contributed by atoms with Gasteiger partial charge in [0.1, 0.15) is 0 Å². The third kappa shape index (κ3) is 2.47. The van der Waals surface area contributed by atoms with Gasteiger partial charge in [-0.1, -0.05) is 0 Å². The molecule has 2 aliphatic heterocycles. The largest absolute Gasteiger partial charge is 0.393 e. The van der Waals surface area contributed by atoms with E-state index in [1.165, 1.54) is 12.8 Å². The molecule has 82 valence electrons. The Morgan fingerprint density at radius 3 is 2.86 bits per heavy atom. The zero-order valence-electron chi connectivity index (χ0n) is 8.91. The van der Waals surface area contributed by atoms with Gasteiger partial charge < -0.3 is 15.2 Å². The van der Waals surface area contributed by atoms with Crippen molar-refractivity contribution in [3.8, 4) is 0 Å². The van der Waals surface area contributed by atoms with Gasteiger partial charge in [-0.05, 0) is 45.1 Å². The van der Waals surface area contributed by atoms with Gasteiger partial charge in [-0.25, -0.2) is 0 Å². The molecule has 2 N–H and O–H groups in total. The topological polar surface area (TPSA) is 41.5 Å². The average molecular weight is 199 g/mol. The Labute approximate surface area is 85.8 Å². The highest BCUT2D eigenvalue weighted by Crippen LogP contribution is 2.27. The highest BCUT2D eigenvalue weighted by Gasteiger charge is 2.29. The first kappa shape index (κ1) is 10.4. The molecule has 2 fully saturated rings. The molecule has 0 aromatic carbocycles. The molecule has 0 spiro atoms. The molecule has 2 aliphatic rings. The van der Waals surface area contributed by atoms with Crippen molar-refractivity contribution >= 4 is 0 Å². The van der Waals surface area contributed by atoms with Crippen molar-refractivity contribution in [1.82, 2.24) is 5.32 Å². The zero-order valence-corrected chi connectivity index (χ0v) is 8.91. The monoisotopic (exact) mass is 199 g/mol. The van der Waals surface area contributed by atoms with Crippen molar-refractivity contribution < 1.29 is 9.84 Å². The quantitative estimate of drug-likeness (QED) is 0.694. The van der Waals surface area contributed by atoms with E-state index < -0.39 is 0 Å². The first-order valence-corrected chi connectivity index (χ1v) is 5.80. The first-order valence-electron chi connectivity index (χ1n) is 5.80. The fourth-order valence-electron chi connectivity index (χ4n) is 2.55. The maximum atomic E-state index is 9.80. The fraction of sp³-hybridized carbons (Fsp3) is 1.00. The number of rotatable bonds is 2. The number of hydrogen-bond acceptors (Lipinski definition) is 3. The number of piperidine rings is 1. The lowest BCUT2D eigenvalue weighted by Crippen LogP contribution is -2.41. The molecular formula is C11H21NO2. The van der Waals surface area contributed by atoms with Crippen molar-refractivity contribution in [3.63, 3.8) is 0 Å². The number of nitrogens with one attached hydrogen (secondary N) is 1. The van der Waals surface area contributed by atoms with Gasteiger partial charge in [-0.2, -0.15) is 0 Å². The van der Waals surface area contributed by atoms with Gasteiger partial charge in [0.25, 0.3) is 0 Å².